The molecular weight excluding hydrogens is 372 g/mol. The lowest BCUT2D eigenvalue weighted by atomic mass is 10.4. The van der Waals surface area contributed by atoms with Gasteiger partial charge in [0.1, 0.15) is 18.4 Å². The van der Waals surface area contributed by atoms with Crippen LogP contribution in [0.25, 0.3) is 0 Å². The van der Waals surface area contributed by atoms with Crippen LogP contribution >= 0.6 is 0 Å². The van der Waals surface area contributed by atoms with Crippen molar-refractivity contribution in [2.24, 2.45) is 0 Å². The topological polar surface area (TPSA) is 102 Å². The Bertz CT molecular complexity index is 719. The minimum Gasteiger partial charge on any atom is -0.454 e. The van der Waals surface area contributed by atoms with Gasteiger partial charge in [0, 0.05) is 0 Å². The van der Waals surface area contributed by atoms with Gasteiger partial charge < -0.3 is 10.1 Å². The SMILES string of the molecule is C[C@H](NS(=O)(=O)c1ccc(F)cc1)C(=O)OCC(=O)NCC(F)(F)F. The Morgan fingerprint density at radius 1 is 1.20 bits per heavy atom. The van der Waals surface area contributed by atoms with Gasteiger partial charge in [-0.05, 0) is 31.2 Å². The van der Waals surface area contributed by atoms with Crippen molar-refractivity contribution in [3.8, 4) is 0 Å². The van der Waals surface area contributed by atoms with Gasteiger partial charge in [0.15, 0.2) is 6.61 Å². The van der Waals surface area contributed by atoms with Crippen LogP contribution in [0.4, 0.5) is 17.6 Å². The molecule has 0 bridgehead atoms. The summed E-state index contributed by atoms with van der Waals surface area (Å²) in [5.74, 6) is -3.02. The first-order valence-corrected chi connectivity index (χ1v) is 8.17. The molecule has 0 aromatic heterocycles. The van der Waals surface area contributed by atoms with Gasteiger partial charge in [0.2, 0.25) is 10.0 Å². The zero-order valence-corrected chi connectivity index (χ0v) is 13.6. The van der Waals surface area contributed by atoms with Crippen molar-refractivity contribution < 1.29 is 40.3 Å². The quantitative estimate of drug-likeness (QED) is 0.531. The number of nitrogens with one attached hydrogen (secondary N) is 2. The first kappa shape index (κ1) is 20.8. The molecular formula is C13H14F4N2O5S. The van der Waals surface area contributed by atoms with Crippen LogP contribution in [0.1, 0.15) is 6.92 Å². The van der Waals surface area contributed by atoms with Crippen molar-refractivity contribution in [1.29, 1.82) is 0 Å². The van der Waals surface area contributed by atoms with E-state index in [2.05, 4.69) is 4.74 Å². The molecule has 0 spiro atoms. The highest BCUT2D eigenvalue weighted by atomic mass is 32.2. The highest BCUT2D eigenvalue weighted by Crippen LogP contribution is 2.12. The summed E-state index contributed by atoms with van der Waals surface area (Å²) in [4.78, 5) is 22.4. The van der Waals surface area contributed by atoms with Crippen molar-refractivity contribution >= 4 is 21.9 Å². The fourth-order valence-electron chi connectivity index (χ4n) is 1.47. The maximum Gasteiger partial charge on any atom is 0.405 e. The normalized spacial score (nSPS) is 13.2. The number of hydrogen-bond donors (Lipinski definition) is 2. The fourth-order valence-corrected chi connectivity index (χ4v) is 2.67. The molecule has 25 heavy (non-hydrogen) atoms. The highest BCUT2D eigenvalue weighted by Gasteiger charge is 2.28. The summed E-state index contributed by atoms with van der Waals surface area (Å²) < 4.78 is 78.7. The second-order valence-electron chi connectivity index (χ2n) is 4.80. The molecule has 0 unspecified atom stereocenters. The Balaban J connectivity index is 2.53. The largest absolute Gasteiger partial charge is 0.454 e. The van der Waals surface area contributed by atoms with Gasteiger partial charge in [0.25, 0.3) is 5.91 Å². The summed E-state index contributed by atoms with van der Waals surface area (Å²) in [6.45, 7) is -1.48. The zero-order chi connectivity index (χ0) is 19.3. The fraction of sp³-hybridized carbons (Fsp3) is 0.385. The smallest absolute Gasteiger partial charge is 0.405 e. The van der Waals surface area contributed by atoms with E-state index in [1.54, 1.807) is 0 Å². The van der Waals surface area contributed by atoms with Crippen LogP contribution in [0.15, 0.2) is 29.2 Å². The third-order valence-corrected chi connectivity index (χ3v) is 4.20. The average Bonchev–Trinajstić information content (AvgIpc) is 2.49. The molecule has 1 rings (SSSR count). The number of carbonyl (C=O) groups excluding carboxylic acids is 2. The third kappa shape index (κ3) is 7.47. The van der Waals surface area contributed by atoms with E-state index in [9.17, 15) is 35.6 Å². The summed E-state index contributed by atoms with van der Waals surface area (Å²) in [6.07, 6.45) is -4.61. The zero-order valence-electron chi connectivity index (χ0n) is 12.8. The summed E-state index contributed by atoms with van der Waals surface area (Å²) in [5, 5.41) is 1.48. The number of alkyl halides is 3. The van der Waals surface area contributed by atoms with E-state index in [-0.39, 0.29) is 4.90 Å². The number of halogens is 4. The molecule has 0 aliphatic heterocycles. The molecule has 2 N–H and O–H groups in total. The molecule has 0 fully saturated rings. The van der Waals surface area contributed by atoms with Crippen LogP contribution in [0.5, 0.6) is 0 Å². The van der Waals surface area contributed by atoms with Gasteiger partial charge in [-0.1, -0.05) is 0 Å². The Kier molecular flexibility index (Phi) is 6.87. The average molecular weight is 386 g/mol. The number of esters is 1. The van der Waals surface area contributed by atoms with Crippen LogP contribution in [-0.2, 0) is 24.3 Å². The summed E-state index contributed by atoms with van der Waals surface area (Å²) >= 11 is 0. The number of sulfonamides is 1. The molecule has 0 saturated heterocycles. The van der Waals surface area contributed by atoms with Gasteiger partial charge in [-0.15, -0.1) is 0 Å². The third-order valence-electron chi connectivity index (χ3n) is 2.64. The van der Waals surface area contributed by atoms with E-state index < -0.39 is 53.1 Å². The van der Waals surface area contributed by atoms with Crippen molar-refractivity contribution in [2.45, 2.75) is 24.0 Å². The van der Waals surface area contributed by atoms with Crippen molar-refractivity contribution in [3.63, 3.8) is 0 Å². The molecule has 12 heteroatoms. The van der Waals surface area contributed by atoms with Crippen LogP contribution in [0, 0.1) is 5.82 Å². The molecule has 0 saturated carbocycles. The number of carbonyl (C=O) groups is 2. The maximum absolute atomic E-state index is 12.8. The standard InChI is InChI=1S/C13H14F4N2O5S/c1-8(12(21)24-6-11(20)18-7-13(15,16)17)19-25(22,23)10-4-2-9(14)3-5-10/h2-5,8,19H,6-7H2,1H3,(H,18,20)/t8-/m0/s1. The van der Waals surface area contributed by atoms with E-state index in [0.29, 0.717) is 0 Å². The lowest BCUT2D eigenvalue weighted by molar-refractivity contribution is -0.152. The Morgan fingerprint density at radius 2 is 1.76 bits per heavy atom. The number of ether oxygens (including phenoxy) is 1. The number of amides is 1. The maximum atomic E-state index is 12.8. The van der Waals surface area contributed by atoms with Crippen LogP contribution in [0.3, 0.4) is 0 Å². The molecule has 1 aromatic carbocycles. The Morgan fingerprint density at radius 3 is 2.28 bits per heavy atom. The van der Waals surface area contributed by atoms with E-state index in [1.165, 1.54) is 5.32 Å². The Hall–Kier alpha value is -2.21. The molecule has 0 radical (unpaired) electrons. The van der Waals surface area contributed by atoms with Gasteiger partial charge in [0.05, 0.1) is 4.90 Å². The number of rotatable bonds is 7. The summed E-state index contributed by atoms with van der Waals surface area (Å²) in [7, 11) is -4.16. The lowest BCUT2D eigenvalue weighted by Gasteiger charge is -2.14. The highest BCUT2D eigenvalue weighted by molar-refractivity contribution is 7.89. The molecule has 140 valence electrons. The molecule has 7 nitrogen and oxygen atoms in total. The molecule has 0 aliphatic rings. The van der Waals surface area contributed by atoms with Gasteiger partial charge >= 0.3 is 12.1 Å². The number of hydrogen-bond acceptors (Lipinski definition) is 5. The van der Waals surface area contributed by atoms with Crippen LogP contribution in [0.2, 0.25) is 0 Å². The molecule has 0 heterocycles. The minimum absolute atomic E-state index is 0.309. The van der Waals surface area contributed by atoms with Gasteiger partial charge in [-0.2, -0.15) is 17.9 Å². The van der Waals surface area contributed by atoms with E-state index in [1.807, 2.05) is 4.72 Å². The first-order valence-electron chi connectivity index (χ1n) is 6.69. The molecule has 0 aliphatic carbocycles. The molecule has 1 aromatic rings. The minimum atomic E-state index is -4.61. The second-order valence-corrected chi connectivity index (χ2v) is 6.51. The van der Waals surface area contributed by atoms with E-state index in [4.69, 9.17) is 0 Å². The Labute approximate surface area is 140 Å². The predicted octanol–water partition coefficient (Wildman–Crippen LogP) is 0.714. The summed E-state index contributed by atoms with van der Waals surface area (Å²) in [6, 6.07) is 2.33. The predicted molar refractivity (Wildman–Crippen MR) is 76.2 cm³/mol. The monoisotopic (exact) mass is 386 g/mol. The molecule has 1 amide bonds. The lowest BCUT2D eigenvalue weighted by Crippen LogP contribution is -2.41. The van der Waals surface area contributed by atoms with Crippen molar-refractivity contribution in [2.75, 3.05) is 13.2 Å². The van der Waals surface area contributed by atoms with E-state index in [0.717, 1.165) is 31.2 Å². The number of benzene rings is 1. The van der Waals surface area contributed by atoms with Crippen molar-refractivity contribution in [3.05, 3.63) is 30.1 Å². The summed E-state index contributed by atoms with van der Waals surface area (Å²) in [5.41, 5.74) is 0. The van der Waals surface area contributed by atoms with Gasteiger partial charge in [-0.3, -0.25) is 9.59 Å². The molecule has 1 atom stereocenters. The van der Waals surface area contributed by atoms with Gasteiger partial charge in [-0.25, -0.2) is 12.8 Å². The second kappa shape index (κ2) is 8.25. The first-order chi connectivity index (χ1) is 11.4. The van der Waals surface area contributed by atoms with Crippen LogP contribution in [-0.4, -0.2) is 45.7 Å². The van der Waals surface area contributed by atoms with Crippen molar-refractivity contribution in [1.82, 2.24) is 10.0 Å². The van der Waals surface area contributed by atoms with Crippen LogP contribution < -0.4 is 10.0 Å². The van der Waals surface area contributed by atoms with E-state index >= 15 is 0 Å².